The van der Waals surface area contributed by atoms with Crippen molar-refractivity contribution in [1.82, 2.24) is 9.55 Å². The Labute approximate surface area is 212 Å². The Balaban J connectivity index is 1.23. The summed E-state index contributed by atoms with van der Waals surface area (Å²) in [7, 11) is -2.23. The molecule has 2 aliphatic rings. The summed E-state index contributed by atoms with van der Waals surface area (Å²) in [6, 6.07) is 16.0. The van der Waals surface area contributed by atoms with E-state index in [0.717, 1.165) is 22.3 Å². The van der Waals surface area contributed by atoms with E-state index >= 15 is 0 Å². The molecule has 0 spiro atoms. The third kappa shape index (κ3) is 5.22. The van der Waals surface area contributed by atoms with Crippen molar-refractivity contribution < 1.29 is 28.4 Å². The minimum Gasteiger partial charge on any atom is -0.433 e. The molecule has 0 saturated carbocycles. The number of ether oxygens (including phenoxy) is 3. The average Bonchev–Trinajstić information content (AvgIpc) is 3.42. The zero-order valence-corrected chi connectivity index (χ0v) is 20.8. The van der Waals surface area contributed by atoms with Gasteiger partial charge in [-0.25, -0.2) is 9.59 Å². The second-order valence-corrected chi connectivity index (χ2v) is 9.70. The Morgan fingerprint density at radius 2 is 1.73 bits per heavy atom. The number of H-pyrrole nitrogens is 1. The van der Waals surface area contributed by atoms with Crippen LogP contribution in [0.1, 0.15) is 35.3 Å². The standard InChI is InChI=1S/C25H26N3O8P/c1-14-11-28(24(30)27-23(14)29)22-10-20(36-37(26)32)21(35-22)13-34-25(31)33-12-19-17-8-4-2-6-15(17)16-7-3-5-9-18(16)19/h2-9,11,19-22,32H,10,12-13,26H2,1H3,(H,27,29,30)/t20-,21+,22+,37?/m0/s1. The van der Waals surface area contributed by atoms with Crippen LogP contribution in [-0.4, -0.2) is 46.0 Å². The minimum absolute atomic E-state index is 0.0950. The van der Waals surface area contributed by atoms with Gasteiger partial charge in [-0.3, -0.25) is 19.8 Å². The molecule has 1 unspecified atom stereocenters. The number of nitrogens with zero attached hydrogens (tertiary/aromatic N) is 1. The van der Waals surface area contributed by atoms with E-state index < -0.39 is 44.4 Å². The van der Waals surface area contributed by atoms with Gasteiger partial charge in [-0.2, -0.15) is 0 Å². The molecule has 12 heteroatoms. The van der Waals surface area contributed by atoms with E-state index in [-0.39, 0.29) is 25.6 Å². The second kappa shape index (κ2) is 10.6. The summed E-state index contributed by atoms with van der Waals surface area (Å²) in [6.07, 6.45) is -1.78. The normalized spacial score (nSPS) is 21.3. The van der Waals surface area contributed by atoms with Crippen LogP contribution in [0, 0.1) is 6.92 Å². The average molecular weight is 527 g/mol. The molecule has 4 atom stereocenters. The fraction of sp³-hybridized carbons (Fsp3) is 0.320. The Kier molecular flexibility index (Phi) is 7.23. The number of fused-ring (bicyclic) bond motifs is 3. The zero-order chi connectivity index (χ0) is 26.1. The molecule has 4 N–H and O–H groups in total. The number of hydrogen-bond acceptors (Lipinski definition) is 9. The maximum Gasteiger partial charge on any atom is 0.508 e. The molecule has 2 heterocycles. The highest BCUT2D eigenvalue weighted by Crippen LogP contribution is 2.44. The highest BCUT2D eigenvalue weighted by Gasteiger charge is 2.40. The van der Waals surface area contributed by atoms with Crippen LogP contribution in [0.2, 0.25) is 0 Å². The molecule has 1 aliphatic carbocycles. The summed E-state index contributed by atoms with van der Waals surface area (Å²) in [5.74, 6) is -0.117. The minimum atomic E-state index is -2.23. The lowest BCUT2D eigenvalue weighted by Gasteiger charge is -2.19. The predicted molar refractivity (Wildman–Crippen MR) is 134 cm³/mol. The van der Waals surface area contributed by atoms with Crippen molar-refractivity contribution in [1.29, 1.82) is 0 Å². The predicted octanol–water partition coefficient (Wildman–Crippen LogP) is 2.66. The number of aryl methyl sites for hydroxylation is 1. The van der Waals surface area contributed by atoms with Crippen molar-refractivity contribution in [2.75, 3.05) is 13.2 Å². The molecule has 194 valence electrons. The number of carbonyl (C=O) groups excluding carboxylic acids is 1. The van der Waals surface area contributed by atoms with E-state index in [1.165, 1.54) is 10.8 Å². The van der Waals surface area contributed by atoms with Gasteiger partial charge in [0.25, 0.3) is 5.56 Å². The topological polar surface area (TPSA) is 155 Å². The van der Waals surface area contributed by atoms with Crippen LogP contribution in [0.25, 0.3) is 11.1 Å². The van der Waals surface area contributed by atoms with Crippen molar-refractivity contribution >= 4 is 14.7 Å². The van der Waals surface area contributed by atoms with Crippen molar-refractivity contribution in [3.8, 4) is 11.1 Å². The Hall–Kier alpha value is -3.34. The van der Waals surface area contributed by atoms with E-state index in [0.29, 0.717) is 5.56 Å². The third-order valence-electron chi connectivity index (χ3n) is 6.58. The number of benzene rings is 2. The van der Waals surface area contributed by atoms with E-state index in [2.05, 4.69) is 4.98 Å². The Morgan fingerprint density at radius 3 is 2.38 bits per heavy atom. The molecular weight excluding hydrogens is 501 g/mol. The van der Waals surface area contributed by atoms with Crippen molar-refractivity contribution in [3.63, 3.8) is 0 Å². The Bertz CT molecular complexity index is 1380. The molecule has 2 aromatic carbocycles. The van der Waals surface area contributed by atoms with Crippen molar-refractivity contribution in [2.45, 2.75) is 37.7 Å². The number of aromatic nitrogens is 2. The van der Waals surface area contributed by atoms with Gasteiger partial charge in [-0.1, -0.05) is 48.5 Å². The van der Waals surface area contributed by atoms with Crippen LogP contribution in [0.4, 0.5) is 4.79 Å². The van der Waals surface area contributed by atoms with E-state index in [1.807, 2.05) is 48.5 Å². The molecule has 0 bridgehead atoms. The fourth-order valence-corrected chi connectivity index (χ4v) is 5.35. The first-order valence-corrected chi connectivity index (χ1v) is 13.0. The van der Waals surface area contributed by atoms with E-state index in [9.17, 15) is 19.3 Å². The van der Waals surface area contributed by atoms with Crippen LogP contribution in [0.15, 0.2) is 64.3 Å². The van der Waals surface area contributed by atoms with Crippen LogP contribution in [0.5, 0.6) is 0 Å². The lowest BCUT2D eigenvalue weighted by Crippen LogP contribution is -2.33. The molecule has 1 aromatic heterocycles. The van der Waals surface area contributed by atoms with Crippen molar-refractivity contribution in [2.24, 2.45) is 5.50 Å². The fourth-order valence-electron chi connectivity index (χ4n) is 4.85. The van der Waals surface area contributed by atoms with Crippen LogP contribution in [0.3, 0.4) is 0 Å². The second-order valence-electron chi connectivity index (χ2n) is 8.89. The monoisotopic (exact) mass is 527 g/mol. The van der Waals surface area contributed by atoms with Crippen molar-refractivity contribution in [3.05, 3.63) is 92.3 Å². The summed E-state index contributed by atoms with van der Waals surface area (Å²) in [5, 5.41) is 0. The Morgan fingerprint density at radius 1 is 1.11 bits per heavy atom. The highest BCUT2D eigenvalue weighted by molar-refractivity contribution is 7.43. The van der Waals surface area contributed by atoms with Crippen LogP contribution in [-0.2, 0) is 18.7 Å². The molecule has 1 saturated heterocycles. The highest BCUT2D eigenvalue weighted by atomic mass is 31.2. The molecule has 5 rings (SSSR count). The smallest absolute Gasteiger partial charge is 0.433 e. The maximum atomic E-state index is 12.5. The molecule has 0 radical (unpaired) electrons. The van der Waals surface area contributed by atoms with Gasteiger partial charge >= 0.3 is 11.8 Å². The summed E-state index contributed by atoms with van der Waals surface area (Å²) in [4.78, 5) is 48.3. The molecular formula is C25H26N3O8P. The van der Waals surface area contributed by atoms with Crippen LogP contribution >= 0.6 is 8.53 Å². The molecule has 1 fully saturated rings. The third-order valence-corrected chi connectivity index (χ3v) is 7.06. The summed E-state index contributed by atoms with van der Waals surface area (Å²) < 4.78 is 23.2. The first-order chi connectivity index (χ1) is 17.8. The SMILES string of the molecule is Cc1cn([C@H]2C[C@H](OP(N)O)[C@@H](COC(=O)OCC3c4ccccc4-c4ccccc43)O2)c(=O)[nH]c1=O. The maximum absolute atomic E-state index is 12.5. The summed E-state index contributed by atoms with van der Waals surface area (Å²) in [6.45, 7) is 1.40. The number of aromatic amines is 1. The van der Waals surface area contributed by atoms with Gasteiger partial charge in [0.15, 0.2) is 0 Å². The van der Waals surface area contributed by atoms with Gasteiger partial charge in [0.1, 0.15) is 25.5 Å². The van der Waals surface area contributed by atoms with E-state index in [1.54, 1.807) is 6.92 Å². The zero-order valence-electron chi connectivity index (χ0n) is 19.9. The quantitative estimate of drug-likeness (QED) is 0.311. The van der Waals surface area contributed by atoms with Gasteiger partial charge in [0.2, 0.25) is 8.53 Å². The number of nitrogens with two attached hydrogens (primary N) is 1. The first kappa shape index (κ1) is 25.3. The number of nitrogens with one attached hydrogen (secondary N) is 1. The van der Waals surface area contributed by atoms with E-state index in [4.69, 9.17) is 24.2 Å². The summed E-state index contributed by atoms with van der Waals surface area (Å²) in [5.41, 5.74) is 8.98. The number of rotatable bonds is 7. The van der Waals surface area contributed by atoms with Gasteiger partial charge in [0, 0.05) is 24.1 Å². The lowest BCUT2D eigenvalue weighted by molar-refractivity contribution is -0.0555. The lowest BCUT2D eigenvalue weighted by atomic mass is 9.98. The van der Waals surface area contributed by atoms with Gasteiger partial charge in [0.05, 0.1) is 6.10 Å². The van der Waals surface area contributed by atoms with Gasteiger partial charge in [-0.15, -0.1) is 0 Å². The molecule has 3 aromatic rings. The van der Waals surface area contributed by atoms with Gasteiger partial charge < -0.3 is 23.6 Å². The molecule has 1 aliphatic heterocycles. The molecule has 0 amide bonds. The number of hydrogen-bond donors (Lipinski definition) is 3. The largest absolute Gasteiger partial charge is 0.508 e. The molecule has 37 heavy (non-hydrogen) atoms. The van der Waals surface area contributed by atoms with Gasteiger partial charge in [-0.05, 0) is 29.2 Å². The molecule has 11 nitrogen and oxygen atoms in total. The van der Waals surface area contributed by atoms with Crippen LogP contribution < -0.4 is 16.8 Å². The number of carbonyl (C=O) groups is 1. The first-order valence-electron chi connectivity index (χ1n) is 11.7. The summed E-state index contributed by atoms with van der Waals surface area (Å²) >= 11 is 0.